The smallest absolute Gasteiger partial charge is 0.137 e. The van der Waals surface area contributed by atoms with Crippen molar-refractivity contribution in [2.24, 2.45) is 23.7 Å². The van der Waals surface area contributed by atoms with E-state index in [-0.39, 0.29) is 0 Å². The average molecular weight is 263 g/mol. The van der Waals surface area contributed by atoms with E-state index in [2.05, 4.69) is 18.7 Å². The number of Topliss-reactive ketones (excluding diaryl/α,β-unsaturated/α-hetero) is 1. The van der Waals surface area contributed by atoms with Crippen molar-refractivity contribution < 1.29 is 4.79 Å². The number of rotatable bonds is 2. The first-order valence-corrected chi connectivity index (χ1v) is 8.42. The molecule has 0 spiro atoms. The van der Waals surface area contributed by atoms with Gasteiger partial charge in [0.15, 0.2) is 0 Å². The van der Waals surface area contributed by atoms with Gasteiger partial charge in [-0.3, -0.25) is 9.69 Å². The zero-order valence-electron chi connectivity index (χ0n) is 12.6. The fourth-order valence-electron chi connectivity index (χ4n) is 5.01. The molecule has 0 aromatic carbocycles. The highest BCUT2D eigenvalue weighted by molar-refractivity contribution is 5.82. The Bertz CT molecular complexity index is 340. The molecule has 0 amide bonds. The summed E-state index contributed by atoms with van der Waals surface area (Å²) in [4.78, 5) is 15.0. The number of ketones is 1. The molecular formula is C17H29NO. The van der Waals surface area contributed by atoms with E-state index >= 15 is 0 Å². The van der Waals surface area contributed by atoms with Crippen molar-refractivity contribution in [2.45, 2.75) is 64.8 Å². The lowest BCUT2D eigenvalue weighted by Gasteiger charge is -2.42. The molecule has 0 aromatic rings. The highest BCUT2D eigenvalue weighted by Crippen LogP contribution is 2.39. The molecule has 2 aliphatic carbocycles. The number of carbonyl (C=O) groups is 1. The van der Waals surface area contributed by atoms with Gasteiger partial charge in [-0.2, -0.15) is 0 Å². The Morgan fingerprint density at radius 1 is 1.16 bits per heavy atom. The minimum Gasteiger partial charge on any atom is -0.299 e. The van der Waals surface area contributed by atoms with Gasteiger partial charge >= 0.3 is 0 Å². The van der Waals surface area contributed by atoms with Crippen LogP contribution in [0.1, 0.15) is 58.8 Å². The molecule has 1 heterocycles. The van der Waals surface area contributed by atoms with Gasteiger partial charge in [-0.1, -0.05) is 20.3 Å². The molecule has 19 heavy (non-hydrogen) atoms. The van der Waals surface area contributed by atoms with Crippen molar-refractivity contribution >= 4 is 5.78 Å². The third kappa shape index (κ3) is 2.74. The summed E-state index contributed by atoms with van der Waals surface area (Å²) in [5, 5.41) is 0. The lowest BCUT2D eigenvalue weighted by molar-refractivity contribution is -0.129. The third-order valence-corrected chi connectivity index (χ3v) is 5.96. The fraction of sp³-hybridized carbons (Fsp3) is 0.941. The average Bonchev–Trinajstić information content (AvgIpc) is 2.82. The Kier molecular flexibility index (Phi) is 3.98. The maximum absolute atomic E-state index is 12.4. The first kappa shape index (κ1) is 13.6. The highest BCUT2D eigenvalue weighted by atomic mass is 16.1. The Morgan fingerprint density at radius 3 is 2.74 bits per heavy atom. The molecule has 3 rings (SSSR count). The second kappa shape index (κ2) is 5.55. The van der Waals surface area contributed by atoms with E-state index in [4.69, 9.17) is 0 Å². The van der Waals surface area contributed by atoms with Crippen LogP contribution in [-0.4, -0.2) is 29.8 Å². The molecular weight excluding hydrogens is 234 g/mol. The van der Waals surface area contributed by atoms with Crippen LogP contribution in [-0.2, 0) is 4.79 Å². The number of hydrogen-bond donors (Lipinski definition) is 0. The zero-order valence-corrected chi connectivity index (χ0v) is 12.6. The second-order valence-electron chi connectivity index (χ2n) is 7.49. The Hall–Kier alpha value is -0.370. The van der Waals surface area contributed by atoms with Gasteiger partial charge in [0.25, 0.3) is 0 Å². The van der Waals surface area contributed by atoms with E-state index in [9.17, 15) is 4.79 Å². The van der Waals surface area contributed by atoms with Crippen LogP contribution in [0.5, 0.6) is 0 Å². The molecule has 108 valence electrons. The Balaban J connectivity index is 1.65. The van der Waals surface area contributed by atoms with Gasteiger partial charge in [-0.25, -0.2) is 0 Å². The summed E-state index contributed by atoms with van der Waals surface area (Å²) in [5.41, 5.74) is 0. The largest absolute Gasteiger partial charge is 0.299 e. The first-order chi connectivity index (χ1) is 9.15. The molecule has 2 heteroatoms. The minimum atomic E-state index is 0.329. The minimum absolute atomic E-state index is 0.329. The quantitative estimate of drug-likeness (QED) is 0.760. The summed E-state index contributed by atoms with van der Waals surface area (Å²) in [6.45, 7) is 6.84. The molecule has 0 bridgehead atoms. The van der Waals surface area contributed by atoms with E-state index in [1.807, 2.05) is 0 Å². The second-order valence-corrected chi connectivity index (χ2v) is 7.49. The first-order valence-electron chi connectivity index (χ1n) is 8.42. The van der Waals surface area contributed by atoms with Crippen LogP contribution < -0.4 is 0 Å². The summed E-state index contributed by atoms with van der Waals surface area (Å²) in [7, 11) is 0. The summed E-state index contributed by atoms with van der Waals surface area (Å²) in [5.74, 6) is 3.03. The van der Waals surface area contributed by atoms with Crippen LogP contribution >= 0.6 is 0 Å². The van der Waals surface area contributed by atoms with E-state index in [0.717, 1.165) is 24.9 Å². The van der Waals surface area contributed by atoms with Gasteiger partial charge in [-0.15, -0.1) is 0 Å². The molecule has 5 atom stereocenters. The number of carbonyl (C=O) groups excluding carboxylic acids is 1. The van der Waals surface area contributed by atoms with E-state index in [1.165, 1.54) is 45.1 Å². The summed E-state index contributed by atoms with van der Waals surface area (Å²) in [6.07, 6.45) is 9.11. The summed E-state index contributed by atoms with van der Waals surface area (Å²) >= 11 is 0. The van der Waals surface area contributed by atoms with Gasteiger partial charge < -0.3 is 0 Å². The number of piperidine rings is 1. The number of hydrogen-bond acceptors (Lipinski definition) is 2. The molecule has 2 saturated carbocycles. The van der Waals surface area contributed by atoms with Crippen LogP contribution in [0, 0.1) is 23.7 Å². The van der Waals surface area contributed by atoms with Gasteiger partial charge in [0.1, 0.15) is 5.78 Å². The van der Waals surface area contributed by atoms with Gasteiger partial charge in [0.2, 0.25) is 0 Å². The van der Waals surface area contributed by atoms with Crippen LogP contribution in [0.4, 0.5) is 0 Å². The number of fused-ring (bicyclic) bond motifs is 1. The van der Waals surface area contributed by atoms with Crippen LogP contribution in [0.2, 0.25) is 0 Å². The normalized spacial score (nSPS) is 44.3. The summed E-state index contributed by atoms with van der Waals surface area (Å²) < 4.78 is 0. The fourth-order valence-corrected chi connectivity index (χ4v) is 5.01. The monoisotopic (exact) mass is 263 g/mol. The molecule has 0 aromatic heterocycles. The number of nitrogens with zero attached hydrogens (tertiary/aromatic N) is 1. The van der Waals surface area contributed by atoms with Gasteiger partial charge in [-0.05, 0) is 56.4 Å². The maximum Gasteiger partial charge on any atom is 0.137 e. The molecule has 0 N–H and O–H groups in total. The van der Waals surface area contributed by atoms with Crippen LogP contribution in [0.3, 0.4) is 0 Å². The molecule has 1 aliphatic heterocycles. The molecule has 5 unspecified atom stereocenters. The third-order valence-electron chi connectivity index (χ3n) is 5.96. The Labute approximate surface area is 117 Å². The highest BCUT2D eigenvalue weighted by Gasteiger charge is 2.39. The van der Waals surface area contributed by atoms with Crippen molar-refractivity contribution in [3.05, 3.63) is 0 Å². The molecule has 3 aliphatic rings. The molecule has 3 fully saturated rings. The van der Waals surface area contributed by atoms with Crippen molar-refractivity contribution in [2.75, 3.05) is 13.1 Å². The molecule has 1 saturated heterocycles. The molecule has 2 nitrogen and oxygen atoms in total. The van der Waals surface area contributed by atoms with Gasteiger partial charge in [0, 0.05) is 24.9 Å². The van der Waals surface area contributed by atoms with Crippen molar-refractivity contribution in [3.8, 4) is 0 Å². The standard InChI is InChI=1S/C17H29NO/c1-12-9-13(2)15(17(19)10-12)11-18-8-4-6-14-5-3-7-16(14)18/h12-16H,3-11H2,1-2H3. The zero-order chi connectivity index (χ0) is 13.4. The predicted molar refractivity (Wildman–Crippen MR) is 78.0 cm³/mol. The molecule has 0 radical (unpaired) electrons. The lowest BCUT2D eigenvalue weighted by atomic mass is 9.74. The topological polar surface area (TPSA) is 20.3 Å². The number of likely N-dealkylation sites (tertiary alicyclic amines) is 1. The summed E-state index contributed by atoms with van der Waals surface area (Å²) in [6, 6.07) is 0.813. The van der Waals surface area contributed by atoms with Crippen LogP contribution in [0.15, 0.2) is 0 Å². The Morgan fingerprint density at radius 2 is 1.95 bits per heavy atom. The van der Waals surface area contributed by atoms with E-state index < -0.39 is 0 Å². The van der Waals surface area contributed by atoms with Crippen molar-refractivity contribution in [3.63, 3.8) is 0 Å². The van der Waals surface area contributed by atoms with E-state index in [1.54, 1.807) is 0 Å². The van der Waals surface area contributed by atoms with Gasteiger partial charge in [0.05, 0.1) is 0 Å². The van der Waals surface area contributed by atoms with Crippen LogP contribution in [0.25, 0.3) is 0 Å². The predicted octanol–water partition coefficient (Wildman–Crippen LogP) is 3.50. The maximum atomic E-state index is 12.4. The van der Waals surface area contributed by atoms with Crippen molar-refractivity contribution in [1.29, 1.82) is 0 Å². The SMILES string of the molecule is CC1CC(=O)C(CN2CCCC3CCCC32)C(C)C1. The lowest BCUT2D eigenvalue weighted by Crippen LogP contribution is -2.48. The van der Waals surface area contributed by atoms with Crippen molar-refractivity contribution in [1.82, 2.24) is 4.90 Å². The van der Waals surface area contributed by atoms with E-state index in [0.29, 0.717) is 23.5 Å².